The van der Waals surface area contributed by atoms with Crippen molar-refractivity contribution in [3.63, 3.8) is 0 Å². The highest BCUT2D eigenvalue weighted by atomic mass is 79.9. The Bertz CT molecular complexity index is 366. The van der Waals surface area contributed by atoms with E-state index in [4.69, 9.17) is 4.74 Å². The molecule has 0 spiro atoms. The summed E-state index contributed by atoms with van der Waals surface area (Å²) in [5, 5.41) is 0. The highest BCUT2D eigenvalue weighted by Gasteiger charge is 2.21. The molecule has 1 rings (SSSR count). The second-order valence-corrected chi connectivity index (χ2v) is 6.79. The van der Waals surface area contributed by atoms with Crippen molar-refractivity contribution in [1.82, 2.24) is 0 Å². The van der Waals surface area contributed by atoms with Crippen LogP contribution in [-0.2, 0) is 6.42 Å². The van der Waals surface area contributed by atoms with Gasteiger partial charge in [0.05, 0.1) is 7.11 Å². The molecule has 2 heteroatoms. The molecule has 0 amide bonds. The van der Waals surface area contributed by atoms with Crippen LogP contribution in [-0.4, -0.2) is 11.9 Å². The highest BCUT2D eigenvalue weighted by molar-refractivity contribution is 9.09. The third kappa shape index (κ3) is 4.34. The zero-order chi connectivity index (χ0) is 13.1. The standard InChI is InChI=1S/C15H23BrO/c1-11-6-8-13(17-5)12(10-11)7-9-14(16)15(2,3)4/h6,8,10,14H,7,9H2,1-5H3. The number of halogens is 1. The van der Waals surface area contributed by atoms with E-state index in [9.17, 15) is 0 Å². The fourth-order valence-corrected chi connectivity index (χ4v) is 2.05. The van der Waals surface area contributed by atoms with Gasteiger partial charge in [-0.1, -0.05) is 54.4 Å². The van der Waals surface area contributed by atoms with Crippen LogP contribution in [0.15, 0.2) is 18.2 Å². The first-order valence-electron chi connectivity index (χ1n) is 6.12. The molecule has 0 fully saturated rings. The van der Waals surface area contributed by atoms with Gasteiger partial charge in [0.15, 0.2) is 0 Å². The Kier molecular flexibility index (Phi) is 5.05. The maximum absolute atomic E-state index is 5.40. The smallest absolute Gasteiger partial charge is 0.122 e. The van der Waals surface area contributed by atoms with Crippen molar-refractivity contribution in [2.24, 2.45) is 5.41 Å². The highest BCUT2D eigenvalue weighted by Crippen LogP contribution is 2.31. The van der Waals surface area contributed by atoms with Crippen LogP contribution in [0, 0.1) is 12.3 Å². The van der Waals surface area contributed by atoms with E-state index in [0.717, 1.165) is 18.6 Å². The average molecular weight is 299 g/mol. The summed E-state index contributed by atoms with van der Waals surface area (Å²) in [5.41, 5.74) is 2.90. The Labute approximate surface area is 114 Å². The third-order valence-electron chi connectivity index (χ3n) is 3.04. The van der Waals surface area contributed by atoms with Crippen molar-refractivity contribution >= 4 is 15.9 Å². The predicted molar refractivity (Wildman–Crippen MR) is 78.2 cm³/mol. The maximum Gasteiger partial charge on any atom is 0.122 e. The molecule has 0 bridgehead atoms. The molecule has 0 aromatic heterocycles. The Morgan fingerprint density at radius 1 is 1.29 bits per heavy atom. The molecule has 0 aliphatic rings. The molecule has 1 unspecified atom stereocenters. The molecule has 0 N–H and O–H groups in total. The van der Waals surface area contributed by atoms with E-state index in [-0.39, 0.29) is 0 Å². The minimum Gasteiger partial charge on any atom is -0.496 e. The Balaban J connectivity index is 2.72. The zero-order valence-corrected chi connectivity index (χ0v) is 13.1. The quantitative estimate of drug-likeness (QED) is 0.729. The molecule has 1 aromatic rings. The van der Waals surface area contributed by atoms with Crippen LogP contribution in [0.5, 0.6) is 5.75 Å². The Morgan fingerprint density at radius 3 is 2.47 bits per heavy atom. The van der Waals surface area contributed by atoms with Gasteiger partial charge in [-0.05, 0) is 36.8 Å². The van der Waals surface area contributed by atoms with Crippen LogP contribution in [0.1, 0.15) is 38.3 Å². The number of methoxy groups -OCH3 is 1. The van der Waals surface area contributed by atoms with Crippen molar-refractivity contribution in [1.29, 1.82) is 0 Å². The predicted octanol–water partition coefficient (Wildman–Crippen LogP) is 4.75. The van der Waals surface area contributed by atoms with Gasteiger partial charge < -0.3 is 4.74 Å². The van der Waals surface area contributed by atoms with Gasteiger partial charge in [0, 0.05) is 4.83 Å². The van der Waals surface area contributed by atoms with E-state index in [0.29, 0.717) is 10.2 Å². The molecule has 0 saturated heterocycles. The molecule has 1 aromatic carbocycles. The fourth-order valence-electron chi connectivity index (χ4n) is 1.82. The number of rotatable bonds is 4. The van der Waals surface area contributed by atoms with Gasteiger partial charge >= 0.3 is 0 Å². The fraction of sp³-hybridized carbons (Fsp3) is 0.600. The summed E-state index contributed by atoms with van der Waals surface area (Å²) in [4.78, 5) is 0.528. The number of hydrogen-bond acceptors (Lipinski definition) is 1. The second kappa shape index (κ2) is 5.90. The van der Waals surface area contributed by atoms with Crippen molar-refractivity contribution in [2.45, 2.75) is 45.4 Å². The summed E-state index contributed by atoms with van der Waals surface area (Å²) in [6, 6.07) is 6.38. The normalized spacial score (nSPS) is 13.5. The largest absolute Gasteiger partial charge is 0.496 e. The summed E-state index contributed by atoms with van der Waals surface area (Å²) in [7, 11) is 1.74. The van der Waals surface area contributed by atoms with E-state index in [2.05, 4.69) is 61.8 Å². The van der Waals surface area contributed by atoms with Crippen LogP contribution >= 0.6 is 15.9 Å². The molecule has 1 nitrogen and oxygen atoms in total. The maximum atomic E-state index is 5.40. The van der Waals surface area contributed by atoms with Crippen molar-refractivity contribution in [2.75, 3.05) is 7.11 Å². The lowest BCUT2D eigenvalue weighted by molar-refractivity contribution is 0.380. The van der Waals surface area contributed by atoms with Gasteiger partial charge in [-0.25, -0.2) is 0 Å². The average Bonchev–Trinajstić information content (AvgIpc) is 2.24. The minimum atomic E-state index is 0.303. The van der Waals surface area contributed by atoms with Crippen LogP contribution in [0.25, 0.3) is 0 Å². The SMILES string of the molecule is COc1ccc(C)cc1CCC(Br)C(C)(C)C. The molecule has 0 radical (unpaired) electrons. The minimum absolute atomic E-state index is 0.303. The first kappa shape index (κ1) is 14.6. The number of hydrogen-bond donors (Lipinski definition) is 0. The summed E-state index contributed by atoms with van der Waals surface area (Å²) in [6.07, 6.45) is 2.18. The van der Waals surface area contributed by atoms with E-state index in [1.54, 1.807) is 7.11 Å². The van der Waals surface area contributed by atoms with Crippen LogP contribution in [0.2, 0.25) is 0 Å². The van der Waals surface area contributed by atoms with E-state index < -0.39 is 0 Å². The first-order chi connectivity index (χ1) is 7.84. The second-order valence-electron chi connectivity index (χ2n) is 5.69. The first-order valence-corrected chi connectivity index (χ1v) is 7.03. The number of aryl methyl sites for hydroxylation is 2. The van der Waals surface area contributed by atoms with Crippen molar-refractivity contribution in [3.05, 3.63) is 29.3 Å². The van der Waals surface area contributed by atoms with Crippen molar-refractivity contribution in [3.8, 4) is 5.75 Å². The van der Waals surface area contributed by atoms with E-state index in [1.807, 2.05) is 0 Å². The third-order valence-corrected chi connectivity index (χ3v) is 4.87. The van der Waals surface area contributed by atoms with E-state index >= 15 is 0 Å². The lowest BCUT2D eigenvalue weighted by Crippen LogP contribution is -2.20. The van der Waals surface area contributed by atoms with Crippen LogP contribution in [0.4, 0.5) is 0 Å². The lowest BCUT2D eigenvalue weighted by Gasteiger charge is -2.25. The summed E-state index contributed by atoms with van der Waals surface area (Å²) >= 11 is 3.78. The monoisotopic (exact) mass is 298 g/mol. The molecule has 1 atom stereocenters. The van der Waals surface area contributed by atoms with Gasteiger partial charge in [-0.15, -0.1) is 0 Å². The summed E-state index contributed by atoms with van der Waals surface area (Å²) in [6.45, 7) is 8.91. The van der Waals surface area contributed by atoms with Crippen LogP contribution < -0.4 is 4.74 Å². The van der Waals surface area contributed by atoms with Gasteiger partial charge in [0.2, 0.25) is 0 Å². The number of benzene rings is 1. The number of ether oxygens (including phenoxy) is 1. The van der Waals surface area contributed by atoms with Crippen LogP contribution in [0.3, 0.4) is 0 Å². The summed E-state index contributed by atoms with van der Waals surface area (Å²) < 4.78 is 5.40. The Morgan fingerprint density at radius 2 is 1.94 bits per heavy atom. The molecule has 17 heavy (non-hydrogen) atoms. The zero-order valence-electron chi connectivity index (χ0n) is 11.5. The van der Waals surface area contributed by atoms with Gasteiger partial charge in [-0.2, -0.15) is 0 Å². The molecular weight excluding hydrogens is 276 g/mol. The van der Waals surface area contributed by atoms with Gasteiger partial charge in [-0.3, -0.25) is 0 Å². The molecular formula is C15H23BrO. The lowest BCUT2D eigenvalue weighted by atomic mass is 9.88. The number of alkyl halides is 1. The summed E-state index contributed by atoms with van der Waals surface area (Å²) in [5.74, 6) is 1.00. The van der Waals surface area contributed by atoms with E-state index in [1.165, 1.54) is 11.1 Å². The topological polar surface area (TPSA) is 9.23 Å². The molecule has 0 aliphatic heterocycles. The van der Waals surface area contributed by atoms with Gasteiger partial charge in [0.1, 0.15) is 5.75 Å². The molecule has 0 aliphatic carbocycles. The molecule has 96 valence electrons. The van der Waals surface area contributed by atoms with Gasteiger partial charge in [0.25, 0.3) is 0 Å². The Hall–Kier alpha value is -0.500. The molecule has 0 heterocycles. The molecule has 0 saturated carbocycles. The van der Waals surface area contributed by atoms with Crippen molar-refractivity contribution < 1.29 is 4.74 Å².